The molecule has 0 aliphatic carbocycles. The molecule has 1 atom stereocenters. The van der Waals surface area contributed by atoms with Crippen molar-refractivity contribution in [2.45, 2.75) is 32.2 Å². The fourth-order valence-electron chi connectivity index (χ4n) is 2.87. The third-order valence-corrected chi connectivity index (χ3v) is 7.09. The molecule has 2 heterocycles. The average Bonchev–Trinajstić information content (AvgIpc) is 3.01. The molecule has 1 aliphatic rings. The second kappa shape index (κ2) is 8.14. The molecule has 2 aromatic rings. The maximum Gasteiger partial charge on any atom is 0.211 e. The number of hydrogen-bond acceptors (Lipinski definition) is 5. The molecule has 3 rings (SSSR count). The Bertz CT molecular complexity index is 819. The molecule has 0 saturated heterocycles. The van der Waals surface area contributed by atoms with E-state index in [1.54, 1.807) is 18.3 Å². The van der Waals surface area contributed by atoms with E-state index in [4.69, 9.17) is 16.6 Å². The summed E-state index contributed by atoms with van der Waals surface area (Å²) in [6, 6.07) is 8.11. The van der Waals surface area contributed by atoms with Gasteiger partial charge in [0.15, 0.2) is 0 Å². The minimum Gasteiger partial charge on any atom is -0.308 e. The van der Waals surface area contributed by atoms with Gasteiger partial charge in [-0.2, -0.15) is 0 Å². The minimum absolute atomic E-state index is 0.106. The summed E-state index contributed by atoms with van der Waals surface area (Å²) in [6.07, 6.45) is 2.48. The number of rotatable bonds is 7. The zero-order valence-electron chi connectivity index (χ0n) is 14.1. The Morgan fingerprint density at radius 3 is 2.84 bits per heavy atom. The van der Waals surface area contributed by atoms with E-state index < -0.39 is 10.0 Å². The van der Waals surface area contributed by atoms with Crippen LogP contribution in [-0.2, 0) is 29.3 Å². The predicted octanol–water partition coefficient (Wildman–Crippen LogP) is 2.71. The zero-order valence-corrected chi connectivity index (χ0v) is 16.5. The van der Waals surface area contributed by atoms with Gasteiger partial charge >= 0.3 is 0 Å². The first-order valence-electron chi connectivity index (χ1n) is 8.40. The Labute approximate surface area is 157 Å². The van der Waals surface area contributed by atoms with Gasteiger partial charge in [0.25, 0.3) is 0 Å². The predicted molar refractivity (Wildman–Crippen MR) is 103 cm³/mol. The second-order valence-corrected chi connectivity index (χ2v) is 9.75. The highest BCUT2D eigenvalue weighted by Gasteiger charge is 2.24. The van der Waals surface area contributed by atoms with Gasteiger partial charge in [0, 0.05) is 29.4 Å². The molecule has 8 heteroatoms. The molecule has 2 N–H and O–H groups in total. The van der Waals surface area contributed by atoms with Gasteiger partial charge in [0.2, 0.25) is 10.0 Å². The third kappa shape index (κ3) is 5.01. The van der Waals surface area contributed by atoms with Gasteiger partial charge in [-0.25, -0.2) is 18.1 Å². The number of hydrogen-bond donors (Lipinski definition) is 2. The lowest BCUT2D eigenvalue weighted by Crippen LogP contribution is -2.30. The SMILES string of the molecule is CCS(=O)(=O)NCCc1nc2c(s1)CCNC2Cc1ccc(Cl)cc1. The van der Waals surface area contributed by atoms with Gasteiger partial charge in [-0.05, 0) is 37.5 Å². The van der Waals surface area contributed by atoms with E-state index in [9.17, 15) is 8.42 Å². The molecule has 0 saturated carbocycles. The van der Waals surface area contributed by atoms with E-state index in [0.717, 1.165) is 35.1 Å². The first kappa shape index (κ1) is 18.8. The summed E-state index contributed by atoms with van der Waals surface area (Å²) in [4.78, 5) is 6.10. The van der Waals surface area contributed by atoms with Crippen molar-refractivity contribution in [3.05, 3.63) is 50.4 Å². The van der Waals surface area contributed by atoms with Crippen molar-refractivity contribution < 1.29 is 8.42 Å². The summed E-state index contributed by atoms with van der Waals surface area (Å²) >= 11 is 7.66. The van der Waals surface area contributed by atoms with E-state index in [-0.39, 0.29) is 11.8 Å². The molecule has 1 aromatic heterocycles. The number of halogens is 1. The van der Waals surface area contributed by atoms with Crippen LogP contribution in [0, 0.1) is 0 Å². The van der Waals surface area contributed by atoms with Gasteiger partial charge < -0.3 is 5.32 Å². The molecule has 0 radical (unpaired) electrons. The van der Waals surface area contributed by atoms with E-state index in [2.05, 4.69) is 10.0 Å². The van der Waals surface area contributed by atoms with Crippen molar-refractivity contribution >= 4 is 33.0 Å². The zero-order chi connectivity index (χ0) is 17.9. The molecular weight excluding hydrogens is 378 g/mol. The summed E-state index contributed by atoms with van der Waals surface area (Å²) in [5.74, 6) is 0.106. The fourth-order valence-corrected chi connectivity index (χ4v) is 4.74. The topological polar surface area (TPSA) is 71.1 Å². The van der Waals surface area contributed by atoms with Crippen LogP contribution >= 0.6 is 22.9 Å². The standard InChI is InChI=1S/C17H22ClN3O2S2/c1-2-25(22,23)20-10-8-16-21-17-14(19-9-7-15(17)24-16)11-12-3-5-13(18)6-4-12/h3-6,14,19-20H,2,7-11H2,1H3. The van der Waals surface area contributed by atoms with Crippen molar-refractivity contribution in [2.24, 2.45) is 0 Å². The Balaban J connectivity index is 1.67. The van der Waals surface area contributed by atoms with E-state index in [0.29, 0.717) is 13.0 Å². The molecule has 0 bridgehead atoms. The molecule has 5 nitrogen and oxygen atoms in total. The number of aromatic nitrogens is 1. The molecule has 1 aliphatic heterocycles. The van der Waals surface area contributed by atoms with Crippen molar-refractivity contribution in [3.8, 4) is 0 Å². The highest BCUT2D eigenvalue weighted by Crippen LogP contribution is 2.30. The van der Waals surface area contributed by atoms with Crippen molar-refractivity contribution in [1.82, 2.24) is 15.0 Å². The lowest BCUT2D eigenvalue weighted by molar-refractivity contribution is 0.495. The van der Waals surface area contributed by atoms with Crippen LogP contribution in [0.1, 0.15) is 34.1 Å². The van der Waals surface area contributed by atoms with Crippen LogP contribution in [0.25, 0.3) is 0 Å². The lowest BCUT2D eigenvalue weighted by Gasteiger charge is -2.23. The summed E-state index contributed by atoms with van der Waals surface area (Å²) in [5.41, 5.74) is 2.33. The lowest BCUT2D eigenvalue weighted by atomic mass is 9.99. The number of benzene rings is 1. The number of sulfonamides is 1. The molecule has 0 fully saturated rings. The summed E-state index contributed by atoms with van der Waals surface area (Å²) < 4.78 is 25.6. The second-order valence-electron chi connectivity index (χ2n) is 6.05. The summed E-state index contributed by atoms with van der Waals surface area (Å²) in [7, 11) is -3.14. The number of fused-ring (bicyclic) bond motifs is 1. The van der Waals surface area contributed by atoms with Crippen LogP contribution in [0.3, 0.4) is 0 Å². The van der Waals surface area contributed by atoms with Crippen LogP contribution in [0.15, 0.2) is 24.3 Å². The van der Waals surface area contributed by atoms with Crippen molar-refractivity contribution in [2.75, 3.05) is 18.8 Å². The smallest absolute Gasteiger partial charge is 0.211 e. The minimum atomic E-state index is -3.14. The maximum absolute atomic E-state index is 11.5. The van der Waals surface area contributed by atoms with Crippen LogP contribution < -0.4 is 10.0 Å². The number of nitrogens with zero attached hydrogens (tertiary/aromatic N) is 1. The van der Waals surface area contributed by atoms with Gasteiger partial charge in [-0.3, -0.25) is 0 Å². The normalized spacial score (nSPS) is 17.4. The monoisotopic (exact) mass is 399 g/mol. The first-order chi connectivity index (χ1) is 12.0. The van der Waals surface area contributed by atoms with Gasteiger partial charge in [-0.15, -0.1) is 11.3 Å². The van der Waals surface area contributed by atoms with Crippen LogP contribution in [0.4, 0.5) is 0 Å². The van der Waals surface area contributed by atoms with Gasteiger partial charge in [0.1, 0.15) is 0 Å². The molecular formula is C17H22ClN3O2S2. The molecule has 136 valence electrons. The van der Waals surface area contributed by atoms with Crippen molar-refractivity contribution in [1.29, 1.82) is 0 Å². The third-order valence-electron chi connectivity index (χ3n) is 4.24. The van der Waals surface area contributed by atoms with Gasteiger partial charge in [-0.1, -0.05) is 23.7 Å². The maximum atomic E-state index is 11.5. The Morgan fingerprint density at radius 2 is 2.12 bits per heavy atom. The largest absolute Gasteiger partial charge is 0.308 e. The highest BCUT2D eigenvalue weighted by molar-refractivity contribution is 7.89. The summed E-state index contributed by atoms with van der Waals surface area (Å²) in [6.45, 7) is 2.98. The fraction of sp³-hybridized carbons (Fsp3) is 0.471. The average molecular weight is 400 g/mol. The van der Waals surface area contributed by atoms with Crippen LogP contribution in [0.2, 0.25) is 5.02 Å². The highest BCUT2D eigenvalue weighted by atomic mass is 35.5. The molecule has 25 heavy (non-hydrogen) atoms. The van der Waals surface area contributed by atoms with E-state index in [1.165, 1.54) is 10.4 Å². The van der Waals surface area contributed by atoms with Crippen molar-refractivity contribution in [3.63, 3.8) is 0 Å². The molecule has 0 amide bonds. The molecule has 0 spiro atoms. The summed E-state index contributed by atoms with van der Waals surface area (Å²) in [5, 5.41) is 5.28. The van der Waals surface area contributed by atoms with E-state index >= 15 is 0 Å². The quantitative estimate of drug-likeness (QED) is 0.750. The Kier molecular flexibility index (Phi) is 6.12. The van der Waals surface area contributed by atoms with Crippen LogP contribution in [0.5, 0.6) is 0 Å². The molecule has 1 aromatic carbocycles. The molecule has 1 unspecified atom stereocenters. The number of thiazole rings is 1. The van der Waals surface area contributed by atoms with Crippen LogP contribution in [-0.4, -0.2) is 32.2 Å². The number of nitrogens with one attached hydrogen (secondary N) is 2. The Hall–Kier alpha value is -0.990. The van der Waals surface area contributed by atoms with E-state index in [1.807, 2.05) is 24.3 Å². The van der Waals surface area contributed by atoms with Gasteiger partial charge in [0.05, 0.1) is 22.5 Å². The Morgan fingerprint density at radius 1 is 1.36 bits per heavy atom. The first-order valence-corrected chi connectivity index (χ1v) is 11.2.